The Hall–Kier alpha value is -2.93. The number of rotatable bonds is 12. The number of sulfonamides is 3. The second-order valence-electron chi connectivity index (χ2n) is 11.5. The second kappa shape index (κ2) is 13.7. The van der Waals surface area contributed by atoms with Gasteiger partial charge >= 0.3 is 0 Å². The molecule has 16 heteroatoms. The molecule has 46 heavy (non-hydrogen) atoms. The fraction of sp³-hybridized carbons (Fsp3) is 0.400. The average molecular weight is 695 g/mol. The van der Waals surface area contributed by atoms with Crippen molar-refractivity contribution in [3.63, 3.8) is 0 Å². The molecule has 5 N–H and O–H groups in total. The molecule has 0 saturated carbocycles. The third kappa shape index (κ3) is 7.95. The standard InChI is InChI=1S/C30H38N4O9S3/c1-32-45(38,39)28-6-3-5-26(17-28)42-21-25(35)19-33-24-18-30(43-20-24)12-14-34(15-13-30)46(40,41)29-7-2-4-23(16-29)22-8-10-27(11-9-22)44(31,36)37/h2-11,16-17,24-25,32-33,35H,12-15,18-21H2,1H3,(H2,31,36,37)/t24?,25-/m0/s1. The summed E-state index contributed by atoms with van der Waals surface area (Å²) in [5.41, 5.74) is 0.828. The summed E-state index contributed by atoms with van der Waals surface area (Å²) >= 11 is 0. The van der Waals surface area contributed by atoms with Gasteiger partial charge in [-0.1, -0.05) is 30.3 Å². The van der Waals surface area contributed by atoms with Gasteiger partial charge in [0.15, 0.2) is 0 Å². The van der Waals surface area contributed by atoms with Crippen molar-refractivity contribution < 1.29 is 39.8 Å². The molecular weight excluding hydrogens is 657 g/mol. The molecule has 1 spiro atoms. The van der Waals surface area contributed by atoms with Crippen molar-refractivity contribution in [3.05, 3.63) is 72.8 Å². The molecule has 5 rings (SSSR count). The molecule has 1 unspecified atom stereocenters. The number of nitrogens with two attached hydrogens (primary N) is 1. The molecule has 0 aliphatic carbocycles. The summed E-state index contributed by atoms with van der Waals surface area (Å²) in [5, 5.41) is 18.9. The maximum Gasteiger partial charge on any atom is 0.243 e. The molecule has 2 fully saturated rings. The number of hydrogen-bond acceptors (Lipinski definition) is 10. The van der Waals surface area contributed by atoms with Gasteiger partial charge in [-0.2, -0.15) is 4.31 Å². The average Bonchev–Trinajstić information content (AvgIpc) is 3.44. The smallest absolute Gasteiger partial charge is 0.243 e. The first-order valence-corrected chi connectivity index (χ1v) is 19.1. The number of nitrogens with one attached hydrogen (secondary N) is 2. The van der Waals surface area contributed by atoms with E-state index >= 15 is 0 Å². The number of nitrogens with zero attached hydrogens (tertiary/aromatic N) is 1. The zero-order valence-electron chi connectivity index (χ0n) is 25.2. The second-order valence-corrected chi connectivity index (χ2v) is 16.8. The molecule has 2 saturated heterocycles. The highest BCUT2D eigenvalue weighted by atomic mass is 32.2. The number of piperidine rings is 1. The van der Waals surface area contributed by atoms with Crippen molar-refractivity contribution in [2.24, 2.45) is 5.14 Å². The molecular formula is C30H38N4O9S3. The predicted molar refractivity (Wildman–Crippen MR) is 171 cm³/mol. The van der Waals surface area contributed by atoms with E-state index in [2.05, 4.69) is 10.0 Å². The maximum atomic E-state index is 13.6. The van der Waals surface area contributed by atoms with E-state index in [0.717, 1.165) is 0 Å². The molecule has 0 aromatic heterocycles. The van der Waals surface area contributed by atoms with E-state index < -0.39 is 41.8 Å². The third-order valence-electron chi connectivity index (χ3n) is 8.30. The van der Waals surface area contributed by atoms with E-state index in [9.17, 15) is 30.4 Å². The van der Waals surface area contributed by atoms with E-state index in [1.54, 1.807) is 48.5 Å². The Balaban J connectivity index is 1.11. The van der Waals surface area contributed by atoms with Gasteiger partial charge in [0.2, 0.25) is 30.1 Å². The minimum absolute atomic E-state index is 0.0257. The van der Waals surface area contributed by atoms with Gasteiger partial charge in [0, 0.05) is 31.7 Å². The number of primary sulfonamides is 1. The Morgan fingerprint density at radius 2 is 1.61 bits per heavy atom. The first kappa shape index (κ1) is 34.4. The molecule has 2 aliphatic heterocycles. The van der Waals surface area contributed by atoms with Crippen LogP contribution < -0.4 is 19.9 Å². The summed E-state index contributed by atoms with van der Waals surface area (Å²) in [6.07, 6.45) is 0.867. The largest absolute Gasteiger partial charge is 0.491 e. The van der Waals surface area contributed by atoms with Crippen LogP contribution in [0, 0.1) is 0 Å². The lowest BCUT2D eigenvalue weighted by molar-refractivity contribution is -0.0312. The predicted octanol–water partition coefficient (Wildman–Crippen LogP) is 1.25. The first-order valence-electron chi connectivity index (χ1n) is 14.7. The van der Waals surface area contributed by atoms with Crippen LogP contribution in [0.5, 0.6) is 5.75 Å². The molecule has 0 radical (unpaired) electrons. The van der Waals surface area contributed by atoms with Gasteiger partial charge in [-0.25, -0.2) is 35.1 Å². The van der Waals surface area contributed by atoms with Gasteiger partial charge in [-0.3, -0.25) is 0 Å². The molecule has 0 bridgehead atoms. The van der Waals surface area contributed by atoms with Crippen LogP contribution in [-0.2, 0) is 34.8 Å². The lowest BCUT2D eigenvalue weighted by Gasteiger charge is -2.38. The number of aliphatic hydroxyl groups excluding tert-OH is 1. The fourth-order valence-electron chi connectivity index (χ4n) is 5.68. The van der Waals surface area contributed by atoms with Crippen molar-refractivity contribution in [2.75, 3.05) is 39.9 Å². The molecule has 2 aliphatic rings. The number of hydrogen-bond donors (Lipinski definition) is 4. The van der Waals surface area contributed by atoms with Crippen LogP contribution >= 0.6 is 0 Å². The molecule has 0 amide bonds. The minimum atomic E-state index is -3.84. The normalized spacial score (nSPS) is 19.7. The fourth-order valence-corrected chi connectivity index (χ4v) is 8.45. The minimum Gasteiger partial charge on any atom is -0.491 e. The van der Waals surface area contributed by atoms with Crippen LogP contribution in [-0.4, -0.2) is 92.3 Å². The van der Waals surface area contributed by atoms with E-state index in [-0.39, 0.29) is 33.9 Å². The maximum absolute atomic E-state index is 13.6. The third-order valence-corrected chi connectivity index (χ3v) is 12.5. The van der Waals surface area contributed by atoms with Crippen LogP contribution in [0.25, 0.3) is 11.1 Å². The Morgan fingerprint density at radius 3 is 2.28 bits per heavy atom. The van der Waals surface area contributed by atoms with Crippen LogP contribution in [0.15, 0.2) is 87.5 Å². The van der Waals surface area contributed by atoms with Crippen molar-refractivity contribution in [1.29, 1.82) is 0 Å². The summed E-state index contributed by atoms with van der Waals surface area (Å²) in [6, 6.07) is 18.5. The molecule has 2 heterocycles. The van der Waals surface area contributed by atoms with E-state index in [1.807, 2.05) is 0 Å². The zero-order chi connectivity index (χ0) is 33.2. The Morgan fingerprint density at radius 1 is 0.935 bits per heavy atom. The quantitative estimate of drug-likeness (QED) is 0.214. The lowest BCUT2D eigenvalue weighted by atomic mass is 9.88. The van der Waals surface area contributed by atoms with Crippen molar-refractivity contribution >= 4 is 30.1 Å². The van der Waals surface area contributed by atoms with Crippen LogP contribution in [0.3, 0.4) is 0 Å². The monoisotopic (exact) mass is 694 g/mol. The van der Waals surface area contributed by atoms with Gasteiger partial charge < -0.3 is 19.9 Å². The van der Waals surface area contributed by atoms with Crippen molar-refractivity contribution in [1.82, 2.24) is 14.3 Å². The van der Waals surface area contributed by atoms with Crippen LogP contribution in [0.1, 0.15) is 19.3 Å². The summed E-state index contributed by atoms with van der Waals surface area (Å²) in [7, 11) is -9.91. The van der Waals surface area contributed by atoms with Crippen molar-refractivity contribution in [2.45, 2.75) is 51.7 Å². The topological polar surface area (TPSA) is 194 Å². The summed E-state index contributed by atoms with van der Waals surface area (Å²) in [4.78, 5) is 0.188. The first-order chi connectivity index (χ1) is 21.7. The van der Waals surface area contributed by atoms with Gasteiger partial charge in [-0.05, 0) is 73.8 Å². The number of aliphatic hydroxyl groups is 1. The van der Waals surface area contributed by atoms with Gasteiger partial charge in [0.05, 0.1) is 26.9 Å². The number of ether oxygens (including phenoxy) is 2. The van der Waals surface area contributed by atoms with E-state index in [4.69, 9.17) is 14.6 Å². The highest BCUT2D eigenvalue weighted by molar-refractivity contribution is 7.89. The van der Waals surface area contributed by atoms with Crippen LogP contribution in [0.4, 0.5) is 0 Å². The lowest BCUT2D eigenvalue weighted by Crippen LogP contribution is -2.47. The molecule has 3 aromatic rings. The Kier molecular flexibility index (Phi) is 10.2. The SMILES string of the molecule is CNS(=O)(=O)c1cccc(OC[C@@H](O)CNC2COC3(CCN(S(=O)(=O)c4cccc(-c5ccc(S(N)(=O)=O)cc5)c4)CC3)C2)c1. The molecule has 13 nitrogen and oxygen atoms in total. The zero-order valence-corrected chi connectivity index (χ0v) is 27.7. The van der Waals surface area contributed by atoms with Gasteiger partial charge in [-0.15, -0.1) is 0 Å². The van der Waals surface area contributed by atoms with E-state index in [0.29, 0.717) is 55.8 Å². The highest BCUT2D eigenvalue weighted by Gasteiger charge is 2.44. The molecule has 250 valence electrons. The summed E-state index contributed by atoms with van der Waals surface area (Å²) < 4.78 is 89.7. The Bertz CT molecular complexity index is 1860. The highest BCUT2D eigenvalue weighted by Crippen LogP contribution is 2.37. The van der Waals surface area contributed by atoms with Gasteiger partial charge in [0.25, 0.3) is 0 Å². The summed E-state index contributed by atoms with van der Waals surface area (Å²) in [5.74, 6) is 0.325. The molecule has 3 aromatic carbocycles. The van der Waals surface area contributed by atoms with Crippen LogP contribution in [0.2, 0.25) is 0 Å². The number of benzene rings is 3. The van der Waals surface area contributed by atoms with Crippen molar-refractivity contribution in [3.8, 4) is 16.9 Å². The van der Waals surface area contributed by atoms with Gasteiger partial charge in [0.1, 0.15) is 18.5 Å². The molecule has 2 atom stereocenters. The Labute approximate surface area is 269 Å². The van der Waals surface area contributed by atoms with E-state index in [1.165, 1.54) is 35.6 Å². The summed E-state index contributed by atoms with van der Waals surface area (Å²) in [6.45, 7) is 1.21.